The van der Waals surface area contributed by atoms with Crippen molar-refractivity contribution in [3.05, 3.63) is 22.4 Å². The van der Waals surface area contributed by atoms with E-state index in [1.54, 1.807) is 0 Å². The van der Waals surface area contributed by atoms with Crippen LogP contribution in [0.4, 0.5) is 19.0 Å². The van der Waals surface area contributed by atoms with Gasteiger partial charge < -0.3 is 10.1 Å². The molecule has 0 aromatic carbocycles. The number of alkyl halides is 3. The van der Waals surface area contributed by atoms with Gasteiger partial charge in [0.25, 0.3) is 0 Å². The molecule has 0 saturated heterocycles. The van der Waals surface area contributed by atoms with Crippen molar-refractivity contribution in [2.75, 3.05) is 0 Å². The normalized spacial score (nSPS) is 13.1. The van der Waals surface area contributed by atoms with Gasteiger partial charge in [-0.3, -0.25) is 0 Å². The molecule has 1 heterocycles. The molecule has 1 atom stereocenters. The molecule has 86 valence electrons. The van der Waals surface area contributed by atoms with Crippen molar-refractivity contribution in [1.82, 2.24) is 9.78 Å². The second-order valence-electron chi connectivity index (χ2n) is 2.88. The Morgan fingerprint density at radius 3 is 2.69 bits per heavy atom. The van der Waals surface area contributed by atoms with Crippen LogP contribution in [0.25, 0.3) is 0 Å². The van der Waals surface area contributed by atoms with Crippen LogP contribution in [0.2, 0.25) is 0 Å². The summed E-state index contributed by atoms with van der Waals surface area (Å²) in [5.74, 6) is -2.79. The molecule has 0 fully saturated rings. The van der Waals surface area contributed by atoms with E-state index in [2.05, 4.69) is 5.10 Å². The van der Waals surface area contributed by atoms with Crippen LogP contribution in [0, 0.1) is 27.4 Å². The van der Waals surface area contributed by atoms with Crippen molar-refractivity contribution in [1.29, 1.82) is 5.26 Å². The van der Waals surface area contributed by atoms with Crippen LogP contribution in [0.15, 0.2) is 12.3 Å². The second-order valence-corrected chi connectivity index (χ2v) is 2.88. The molecule has 1 aromatic heterocycles. The third-order valence-electron chi connectivity index (χ3n) is 1.73. The van der Waals surface area contributed by atoms with Crippen molar-refractivity contribution in [2.24, 2.45) is 5.92 Å². The minimum Gasteiger partial charge on any atom is -0.358 e. The monoisotopic (exact) mass is 234 g/mol. The lowest BCUT2D eigenvalue weighted by atomic mass is 10.1. The van der Waals surface area contributed by atoms with Crippen LogP contribution in [-0.2, 0) is 6.54 Å². The number of nitriles is 1. The van der Waals surface area contributed by atoms with Crippen LogP contribution in [0.1, 0.15) is 0 Å². The minimum atomic E-state index is -4.67. The molecule has 0 saturated carbocycles. The third-order valence-corrected chi connectivity index (χ3v) is 1.73. The van der Waals surface area contributed by atoms with Crippen LogP contribution in [0.5, 0.6) is 0 Å². The summed E-state index contributed by atoms with van der Waals surface area (Å²) in [6.45, 7) is -0.756. The molecule has 0 N–H and O–H groups in total. The summed E-state index contributed by atoms with van der Waals surface area (Å²) in [5.41, 5.74) is 0. The Labute approximate surface area is 87.0 Å². The van der Waals surface area contributed by atoms with Gasteiger partial charge in [-0.25, -0.2) is 0 Å². The molecule has 9 heteroatoms. The molecule has 0 amide bonds. The van der Waals surface area contributed by atoms with Gasteiger partial charge in [0.2, 0.25) is 0 Å². The molecule has 1 rings (SSSR count). The summed E-state index contributed by atoms with van der Waals surface area (Å²) in [6.07, 6.45) is -3.65. The summed E-state index contributed by atoms with van der Waals surface area (Å²) in [5, 5.41) is 21.8. The number of hydrogen-bond acceptors (Lipinski definition) is 4. The Bertz CT molecular complexity index is 434. The third kappa shape index (κ3) is 2.69. The highest BCUT2D eigenvalue weighted by Crippen LogP contribution is 2.26. The Morgan fingerprint density at radius 1 is 1.69 bits per heavy atom. The highest BCUT2D eigenvalue weighted by molar-refractivity contribution is 5.14. The maximum absolute atomic E-state index is 12.2. The zero-order valence-corrected chi connectivity index (χ0v) is 7.68. The van der Waals surface area contributed by atoms with Crippen molar-refractivity contribution >= 4 is 5.82 Å². The predicted octanol–water partition coefficient (Wildman–Crippen LogP) is 1.49. The first-order valence-corrected chi connectivity index (χ1v) is 3.98. The number of nitro groups is 1. The van der Waals surface area contributed by atoms with E-state index in [-0.39, 0.29) is 0 Å². The smallest absolute Gasteiger partial charge is 0.358 e. The second kappa shape index (κ2) is 4.18. The van der Waals surface area contributed by atoms with Crippen LogP contribution in [0.3, 0.4) is 0 Å². The first kappa shape index (κ1) is 12.0. The number of halogens is 3. The fourth-order valence-corrected chi connectivity index (χ4v) is 0.955. The molecular formula is C7H5F3N4O2. The predicted molar refractivity (Wildman–Crippen MR) is 44.0 cm³/mol. The molecule has 0 aliphatic heterocycles. The van der Waals surface area contributed by atoms with E-state index in [9.17, 15) is 23.3 Å². The standard InChI is InChI=1S/C7H5F3N4O2/c8-7(9,10)5(3-11)4-13-2-1-6(12-13)14(15)16/h1-2,5H,4H2. The maximum atomic E-state index is 12.2. The topological polar surface area (TPSA) is 84.8 Å². The molecular weight excluding hydrogens is 229 g/mol. The fourth-order valence-electron chi connectivity index (χ4n) is 0.955. The Kier molecular flexibility index (Phi) is 3.12. The van der Waals surface area contributed by atoms with Gasteiger partial charge in [-0.1, -0.05) is 0 Å². The van der Waals surface area contributed by atoms with Gasteiger partial charge in [-0.15, -0.1) is 0 Å². The van der Waals surface area contributed by atoms with Gasteiger partial charge in [0.1, 0.15) is 0 Å². The number of rotatable bonds is 3. The summed E-state index contributed by atoms with van der Waals surface area (Å²) in [6, 6.07) is 2.04. The summed E-state index contributed by atoms with van der Waals surface area (Å²) in [7, 11) is 0. The van der Waals surface area contributed by atoms with E-state index >= 15 is 0 Å². The molecule has 0 bridgehead atoms. The van der Waals surface area contributed by atoms with Gasteiger partial charge in [-0.2, -0.15) is 23.1 Å². The zero-order chi connectivity index (χ0) is 12.3. The first-order chi connectivity index (χ1) is 7.34. The van der Waals surface area contributed by atoms with Crippen LogP contribution in [-0.4, -0.2) is 20.9 Å². The molecule has 6 nitrogen and oxygen atoms in total. The van der Waals surface area contributed by atoms with E-state index in [4.69, 9.17) is 5.26 Å². The molecule has 0 aliphatic rings. The van der Waals surface area contributed by atoms with Gasteiger partial charge >= 0.3 is 12.0 Å². The summed E-state index contributed by atoms with van der Waals surface area (Å²) in [4.78, 5) is 9.38. The Balaban J connectivity index is 2.80. The lowest BCUT2D eigenvalue weighted by Crippen LogP contribution is -2.26. The van der Waals surface area contributed by atoms with E-state index in [1.165, 1.54) is 0 Å². The van der Waals surface area contributed by atoms with E-state index in [1.807, 2.05) is 0 Å². The summed E-state index contributed by atoms with van der Waals surface area (Å²) < 4.78 is 37.2. The molecule has 0 spiro atoms. The summed E-state index contributed by atoms with van der Waals surface area (Å²) >= 11 is 0. The van der Waals surface area contributed by atoms with E-state index in [0.29, 0.717) is 0 Å². The zero-order valence-electron chi connectivity index (χ0n) is 7.68. The van der Waals surface area contributed by atoms with Gasteiger partial charge in [-0.05, 0) is 4.92 Å². The Hall–Kier alpha value is -2.11. The van der Waals surface area contributed by atoms with Gasteiger partial charge in [0.15, 0.2) is 5.92 Å². The molecule has 1 unspecified atom stereocenters. The molecule has 1 aromatic rings. The van der Waals surface area contributed by atoms with E-state index in [0.717, 1.165) is 23.0 Å². The van der Waals surface area contributed by atoms with Crippen molar-refractivity contribution in [2.45, 2.75) is 12.7 Å². The molecule has 0 radical (unpaired) electrons. The highest BCUT2D eigenvalue weighted by atomic mass is 19.4. The largest absolute Gasteiger partial charge is 0.406 e. The SMILES string of the molecule is N#CC(Cn1ccc([N+](=O)[O-])n1)C(F)(F)F. The van der Waals surface area contributed by atoms with Crippen molar-refractivity contribution in [3.8, 4) is 6.07 Å². The average Bonchev–Trinajstić information content (AvgIpc) is 2.60. The lowest BCUT2D eigenvalue weighted by Gasteiger charge is -2.10. The van der Waals surface area contributed by atoms with Crippen LogP contribution >= 0.6 is 0 Å². The first-order valence-electron chi connectivity index (χ1n) is 3.98. The maximum Gasteiger partial charge on any atom is 0.406 e. The molecule has 16 heavy (non-hydrogen) atoms. The quantitative estimate of drug-likeness (QED) is 0.585. The number of hydrogen-bond donors (Lipinski definition) is 0. The lowest BCUT2D eigenvalue weighted by molar-refractivity contribution is -0.389. The van der Waals surface area contributed by atoms with Crippen molar-refractivity contribution in [3.63, 3.8) is 0 Å². The van der Waals surface area contributed by atoms with Crippen LogP contribution < -0.4 is 0 Å². The number of nitrogens with zero attached hydrogens (tertiary/aromatic N) is 4. The minimum absolute atomic E-state index is 0.557. The fraction of sp³-hybridized carbons (Fsp3) is 0.429. The molecule has 0 aliphatic carbocycles. The number of aromatic nitrogens is 2. The van der Waals surface area contributed by atoms with E-state index < -0.39 is 29.4 Å². The Morgan fingerprint density at radius 2 is 2.31 bits per heavy atom. The van der Waals surface area contributed by atoms with Gasteiger partial charge in [0.05, 0.1) is 30.0 Å². The highest BCUT2D eigenvalue weighted by Gasteiger charge is 2.41. The van der Waals surface area contributed by atoms with Crippen molar-refractivity contribution < 1.29 is 18.1 Å². The average molecular weight is 234 g/mol. The van der Waals surface area contributed by atoms with Gasteiger partial charge in [0, 0.05) is 0 Å².